The third-order valence-electron chi connectivity index (χ3n) is 4.00. The molecule has 0 fully saturated rings. The summed E-state index contributed by atoms with van der Waals surface area (Å²) >= 11 is 0. The smallest absolute Gasteiger partial charge is 0.220 e. The second-order valence-corrected chi connectivity index (χ2v) is 5.85. The summed E-state index contributed by atoms with van der Waals surface area (Å²) in [5.41, 5.74) is 3.20. The van der Waals surface area contributed by atoms with E-state index in [2.05, 4.69) is 34.1 Å². The average molecular weight is 310 g/mol. The molecule has 0 bridgehead atoms. The predicted octanol–water partition coefficient (Wildman–Crippen LogP) is 2.85. The van der Waals surface area contributed by atoms with Crippen LogP contribution in [0.5, 0.6) is 5.88 Å². The van der Waals surface area contributed by atoms with E-state index >= 15 is 0 Å². The van der Waals surface area contributed by atoms with Crippen molar-refractivity contribution in [2.75, 3.05) is 13.1 Å². The Labute approximate surface area is 136 Å². The number of aromatic nitrogens is 3. The molecule has 0 radical (unpaired) electrons. The van der Waals surface area contributed by atoms with Crippen molar-refractivity contribution >= 4 is 0 Å². The lowest BCUT2D eigenvalue weighted by Crippen LogP contribution is -2.31. The van der Waals surface area contributed by atoms with Crippen LogP contribution >= 0.6 is 0 Å². The van der Waals surface area contributed by atoms with Crippen LogP contribution in [0.3, 0.4) is 0 Å². The number of hydrogen-bond donors (Lipinski definition) is 1. The van der Waals surface area contributed by atoms with Crippen LogP contribution in [0.4, 0.5) is 0 Å². The second-order valence-electron chi connectivity index (χ2n) is 5.85. The normalized spacial score (nSPS) is 16.0. The summed E-state index contributed by atoms with van der Waals surface area (Å²) in [5.74, 6) is 0.855. The zero-order valence-electron chi connectivity index (χ0n) is 13.6. The minimum Gasteiger partial charge on any atom is -0.493 e. The number of nitrogens with zero attached hydrogens (tertiary/aromatic N) is 4. The van der Waals surface area contributed by atoms with Gasteiger partial charge in [0.25, 0.3) is 0 Å². The molecule has 2 aromatic rings. The lowest BCUT2D eigenvalue weighted by molar-refractivity contribution is 0.270. The summed E-state index contributed by atoms with van der Waals surface area (Å²) in [7, 11) is 0. The van der Waals surface area contributed by atoms with Crippen molar-refractivity contribution in [2.45, 2.75) is 26.8 Å². The van der Waals surface area contributed by atoms with E-state index in [1.54, 1.807) is 6.20 Å². The summed E-state index contributed by atoms with van der Waals surface area (Å²) in [6.07, 6.45) is 8.77. The Balaban J connectivity index is 1.80. The molecule has 0 saturated carbocycles. The summed E-state index contributed by atoms with van der Waals surface area (Å²) in [4.78, 5) is 6.60. The van der Waals surface area contributed by atoms with Crippen molar-refractivity contribution in [2.24, 2.45) is 0 Å². The highest BCUT2D eigenvalue weighted by Gasteiger charge is 2.25. The minimum absolute atomic E-state index is 0.207. The third-order valence-corrected chi connectivity index (χ3v) is 4.00. The van der Waals surface area contributed by atoms with Crippen molar-refractivity contribution in [1.82, 2.24) is 19.7 Å². The summed E-state index contributed by atoms with van der Waals surface area (Å²) in [6, 6.07) is 5.59. The number of hydrogen-bond acceptors (Lipinski definition) is 4. The van der Waals surface area contributed by atoms with Gasteiger partial charge in [-0.05, 0) is 26.0 Å². The van der Waals surface area contributed by atoms with Gasteiger partial charge in [-0.25, -0.2) is 4.98 Å². The van der Waals surface area contributed by atoms with Gasteiger partial charge in [0.15, 0.2) is 5.82 Å². The maximum atomic E-state index is 10.5. The Bertz CT molecular complexity index is 731. The minimum atomic E-state index is 0.207. The van der Waals surface area contributed by atoms with Crippen molar-refractivity contribution in [3.05, 3.63) is 59.5 Å². The van der Waals surface area contributed by atoms with Crippen LogP contribution in [0.2, 0.25) is 0 Å². The monoisotopic (exact) mass is 310 g/mol. The topological polar surface area (TPSA) is 54.2 Å². The standard InChI is InChI=1S/C18H22N4O/c1-3-4-7-14(2)12-21-11-9-16-15(13-21)18(23)22(20-16)17-8-5-6-10-19-17/h3-8,10,23H,9,11-13H2,1-2H3/b4-3-,14-7+. The third kappa shape index (κ3) is 3.35. The van der Waals surface area contributed by atoms with E-state index in [1.165, 1.54) is 10.3 Å². The number of aromatic hydroxyl groups is 1. The van der Waals surface area contributed by atoms with Crippen LogP contribution in [-0.2, 0) is 13.0 Å². The van der Waals surface area contributed by atoms with Crippen LogP contribution < -0.4 is 0 Å². The lowest BCUT2D eigenvalue weighted by Gasteiger charge is -2.26. The van der Waals surface area contributed by atoms with Gasteiger partial charge in [0.2, 0.25) is 5.88 Å². The number of allylic oxidation sites excluding steroid dienone is 3. The Morgan fingerprint density at radius 2 is 2.26 bits per heavy atom. The summed E-state index contributed by atoms with van der Waals surface area (Å²) in [6.45, 7) is 6.72. The molecule has 0 amide bonds. The van der Waals surface area contributed by atoms with Crippen molar-refractivity contribution < 1.29 is 5.11 Å². The van der Waals surface area contributed by atoms with Gasteiger partial charge in [-0.3, -0.25) is 4.90 Å². The average Bonchev–Trinajstić information content (AvgIpc) is 2.90. The van der Waals surface area contributed by atoms with Crippen molar-refractivity contribution in [1.29, 1.82) is 0 Å². The maximum Gasteiger partial charge on any atom is 0.220 e. The van der Waals surface area contributed by atoms with Crippen molar-refractivity contribution in [3.63, 3.8) is 0 Å². The molecular formula is C18H22N4O. The van der Waals surface area contributed by atoms with E-state index in [4.69, 9.17) is 0 Å². The molecule has 23 heavy (non-hydrogen) atoms. The number of pyridine rings is 1. The molecule has 0 aromatic carbocycles. The number of fused-ring (bicyclic) bond motifs is 1. The van der Waals surface area contributed by atoms with E-state index in [0.717, 1.165) is 37.3 Å². The fraction of sp³-hybridized carbons (Fsp3) is 0.333. The summed E-state index contributed by atoms with van der Waals surface area (Å²) in [5, 5.41) is 15.1. The molecule has 120 valence electrons. The highest BCUT2D eigenvalue weighted by atomic mass is 16.3. The molecule has 1 aliphatic rings. The van der Waals surface area contributed by atoms with Crippen LogP contribution in [0.15, 0.2) is 48.2 Å². The van der Waals surface area contributed by atoms with Crippen LogP contribution in [0.25, 0.3) is 5.82 Å². The largest absolute Gasteiger partial charge is 0.493 e. The van der Waals surface area contributed by atoms with Crippen LogP contribution in [0, 0.1) is 0 Å². The van der Waals surface area contributed by atoms with Gasteiger partial charge < -0.3 is 5.11 Å². The molecule has 5 nitrogen and oxygen atoms in total. The van der Waals surface area contributed by atoms with Crippen LogP contribution in [-0.4, -0.2) is 37.9 Å². The second kappa shape index (κ2) is 6.79. The molecule has 3 heterocycles. The maximum absolute atomic E-state index is 10.5. The molecule has 0 spiro atoms. The molecule has 0 unspecified atom stereocenters. The quantitative estimate of drug-likeness (QED) is 0.882. The molecule has 0 atom stereocenters. The molecule has 0 saturated heterocycles. The Kier molecular flexibility index (Phi) is 4.57. The van der Waals surface area contributed by atoms with Crippen LogP contribution in [0.1, 0.15) is 25.1 Å². The van der Waals surface area contributed by atoms with Gasteiger partial charge in [0.1, 0.15) is 0 Å². The fourth-order valence-corrected chi connectivity index (χ4v) is 2.85. The Morgan fingerprint density at radius 3 is 3.00 bits per heavy atom. The molecule has 3 rings (SSSR count). The van der Waals surface area contributed by atoms with E-state index in [9.17, 15) is 5.11 Å². The highest BCUT2D eigenvalue weighted by molar-refractivity contribution is 5.38. The van der Waals surface area contributed by atoms with Gasteiger partial charge in [0, 0.05) is 32.3 Å². The summed E-state index contributed by atoms with van der Waals surface area (Å²) < 4.78 is 1.54. The molecule has 5 heteroatoms. The molecule has 0 aliphatic carbocycles. The van der Waals surface area contributed by atoms with E-state index in [0.29, 0.717) is 5.82 Å². The SMILES string of the molecule is C/C=C\C=C(/C)CN1CCc2nn(-c3ccccn3)c(O)c2C1. The lowest BCUT2D eigenvalue weighted by atomic mass is 10.1. The van der Waals surface area contributed by atoms with Gasteiger partial charge in [-0.1, -0.05) is 29.9 Å². The first-order chi connectivity index (χ1) is 11.2. The van der Waals surface area contributed by atoms with E-state index in [1.807, 2.05) is 31.2 Å². The zero-order chi connectivity index (χ0) is 16.2. The fourth-order valence-electron chi connectivity index (χ4n) is 2.85. The first-order valence-corrected chi connectivity index (χ1v) is 7.91. The molecule has 2 aromatic heterocycles. The van der Waals surface area contributed by atoms with Gasteiger partial charge in [-0.2, -0.15) is 9.78 Å². The van der Waals surface area contributed by atoms with Gasteiger partial charge >= 0.3 is 0 Å². The first kappa shape index (κ1) is 15.5. The highest BCUT2D eigenvalue weighted by Crippen LogP contribution is 2.29. The molecule has 1 aliphatic heterocycles. The predicted molar refractivity (Wildman–Crippen MR) is 90.6 cm³/mol. The molecule has 1 N–H and O–H groups in total. The Hall–Kier alpha value is -2.40. The van der Waals surface area contributed by atoms with E-state index in [-0.39, 0.29) is 5.88 Å². The Morgan fingerprint density at radius 1 is 1.39 bits per heavy atom. The first-order valence-electron chi connectivity index (χ1n) is 7.91. The molecular weight excluding hydrogens is 288 g/mol. The van der Waals surface area contributed by atoms with Crippen molar-refractivity contribution in [3.8, 4) is 11.7 Å². The number of rotatable bonds is 4. The van der Waals surface area contributed by atoms with E-state index < -0.39 is 0 Å². The van der Waals surface area contributed by atoms with Gasteiger partial charge in [0.05, 0.1) is 11.3 Å². The van der Waals surface area contributed by atoms with Gasteiger partial charge in [-0.15, -0.1) is 0 Å². The zero-order valence-corrected chi connectivity index (χ0v) is 13.6.